The second-order valence-electron chi connectivity index (χ2n) is 4.34. The van der Waals surface area contributed by atoms with E-state index in [9.17, 15) is 9.18 Å². The first-order chi connectivity index (χ1) is 9.58. The van der Waals surface area contributed by atoms with Crippen LogP contribution in [0.4, 0.5) is 10.1 Å². The molecule has 0 bridgehead atoms. The SMILES string of the molecule is CNc1cc(Cc2ccc(F)cc2)cnc1OC(C)=O. The molecule has 1 heterocycles. The quantitative estimate of drug-likeness (QED) is 0.871. The number of nitrogens with zero attached hydrogens (tertiary/aromatic N) is 1. The lowest BCUT2D eigenvalue weighted by Crippen LogP contribution is -2.06. The molecular weight excluding hydrogens is 259 g/mol. The molecule has 0 aliphatic heterocycles. The molecule has 2 aromatic rings. The first-order valence-corrected chi connectivity index (χ1v) is 6.18. The highest BCUT2D eigenvalue weighted by Gasteiger charge is 2.08. The lowest BCUT2D eigenvalue weighted by Gasteiger charge is -2.09. The number of carbonyl (C=O) groups is 1. The van der Waals surface area contributed by atoms with E-state index < -0.39 is 5.97 Å². The van der Waals surface area contributed by atoms with E-state index in [1.807, 2.05) is 6.07 Å². The van der Waals surface area contributed by atoms with Crippen LogP contribution >= 0.6 is 0 Å². The molecule has 4 nitrogen and oxygen atoms in total. The predicted molar refractivity (Wildman–Crippen MR) is 74.3 cm³/mol. The predicted octanol–water partition coefficient (Wildman–Crippen LogP) is 2.78. The summed E-state index contributed by atoms with van der Waals surface area (Å²) in [4.78, 5) is 15.1. The number of pyridine rings is 1. The number of aromatic nitrogens is 1. The number of anilines is 1. The molecule has 1 aromatic carbocycles. The van der Waals surface area contributed by atoms with Gasteiger partial charge in [0.05, 0.1) is 5.69 Å². The summed E-state index contributed by atoms with van der Waals surface area (Å²) < 4.78 is 17.8. The Morgan fingerprint density at radius 2 is 2.00 bits per heavy atom. The summed E-state index contributed by atoms with van der Waals surface area (Å²) in [6.45, 7) is 1.33. The van der Waals surface area contributed by atoms with Gasteiger partial charge in [-0.05, 0) is 35.7 Å². The van der Waals surface area contributed by atoms with Gasteiger partial charge in [-0.2, -0.15) is 0 Å². The first-order valence-electron chi connectivity index (χ1n) is 6.18. The Hall–Kier alpha value is -2.43. The number of ether oxygens (including phenoxy) is 1. The van der Waals surface area contributed by atoms with Gasteiger partial charge in [-0.1, -0.05) is 12.1 Å². The minimum atomic E-state index is -0.416. The Morgan fingerprint density at radius 3 is 2.60 bits per heavy atom. The molecule has 0 amide bonds. The van der Waals surface area contributed by atoms with E-state index in [0.717, 1.165) is 11.1 Å². The van der Waals surface area contributed by atoms with Crippen LogP contribution in [0.5, 0.6) is 5.88 Å². The molecule has 2 rings (SSSR count). The Kier molecular flexibility index (Phi) is 4.30. The van der Waals surface area contributed by atoms with Gasteiger partial charge in [-0.3, -0.25) is 4.79 Å². The third-order valence-corrected chi connectivity index (χ3v) is 2.74. The van der Waals surface area contributed by atoms with Crippen molar-refractivity contribution in [2.75, 3.05) is 12.4 Å². The monoisotopic (exact) mass is 274 g/mol. The highest BCUT2D eigenvalue weighted by Crippen LogP contribution is 2.23. The van der Waals surface area contributed by atoms with E-state index in [-0.39, 0.29) is 11.7 Å². The summed E-state index contributed by atoms with van der Waals surface area (Å²) in [6.07, 6.45) is 2.27. The molecule has 0 radical (unpaired) electrons. The molecule has 0 aliphatic carbocycles. The molecule has 0 unspecified atom stereocenters. The van der Waals surface area contributed by atoms with Crippen LogP contribution in [-0.4, -0.2) is 18.0 Å². The number of benzene rings is 1. The zero-order chi connectivity index (χ0) is 14.5. The van der Waals surface area contributed by atoms with Crippen LogP contribution in [-0.2, 0) is 11.2 Å². The molecule has 1 N–H and O–H groups in total. The number of carbonyl (C=O) groups excluding carboxylic acids is 1. The van der Waals surface area contributed by atoms with Crippen molar-refractivity contribution in [1.82, 2.24) is 4.98 Å². The molecule has 104 valence electrons. The van der Waals surface area contributed by atoms with Gasteiger partial charge in [0.1, 0.15) is 5.82 Å². The van der Waals surface area contributed by atoms with E-state index in [4.69, 9.17) is 4.74 Å². The van der Waals surface area contributed by atoms with Gasteiger partial charge in [-0.15, -0.1) is 0 Å². The summed E-state index contributed by atoms with van der Waals surface area (Å²) in [5, 5.41) is 2.94. The third kappa shape index (κ3) is 3.54. The lowest BCUT2D eigenvalue weighted by atomic mass is 10.1. The zero-order valence-corrected chi connectivity index (χ0v) is 11.3. The van der Waals surface area contributed by atoms with Crippen molar-refractivity contribution in [2.45, 2.75) is 13.3 Å². The minimum absolute atomic E-state index is 0.253. The van der Waals surface area contributed by atoms with Crippen molar-refractivity contribution in [1.29, 1.82) is 0 Å². The number of hydrogen-bond acceptors (Lipinski definition) is 4. The van der Waals surface area contributed by atoms with Crippen LogP contribution in [0.2, 0.25) is 0 Å². The van der Waals surface area contributed by atoms with E-state index >= 15 is 0 Å². The van der Waals surface area contributed by atoms with Gasteiger partial charge in [-0.25, -0.2) is 9.37 Å². The number of rotatable bonds is 4. The first kappa shape index (κ1) is 14.0. The third-order valence-electron chi connectivity index (χ3n) is 2.74. The fraction of sp³-hybridized carbons (Fsp3) is 0.200. The Morgan fingerprint density at radius 1 is 1.30 bits per heavy atom. The van der Waals surface area contributed by atoms with Crippen molar-refractivity contribution in [3.05, 3.63) is 53.5 Å². The maximum atomic E-state index is 12.8. The van der Waals surface area contributed by atoms with Crippen LogP contribution in [0, 0.1) is 5.82 Å². The number of hydrogen-bond donors (Lipinski definition) is 1. The highest BCUT2D eigenvalue weighted by molar-refractivity contribution is 5.71. The number of halogens is 1. The van der Waals surface area contributed by atoms with E-state index in [0.29, 0.717) is 12.1 Å². The van der Waals surface area contributed by atoms with Crippen molar-refractivity contribution in [2.24, 2.45) is 0 Å². The number of esters is 1. The van der Waals surface area contributed by atoms with Gasteiger partial charge in [0.25, 0.3) is 0 Å². The van der Waals surface area contributed by atoms with Gasteiger partial charge < -0.3 is 10.1 Å². The fourth-order valence-corrected chi connectivity index (χ4v) is 1.83. The maximum absolute atomic E-state index is 12.8. The van der Waals surface area contributed by atoms with Crippen LogP contribution < -0.4 is 10.1 Å². The van der Waals surface area contributed by atoms with E-state index in [1.165, 1.54) is 19.1 Å². The molecule has 0 aliphatic rings. The molecule has 20 heavy (non-hydrogen) atoms. The summed E-state index contributed by atoms with van der Waals surface area (Å²) in [7, 11) is 1.73. The van der Waals surface area contributed by atoms with E-state index in [2.05, 4.69) is 10.3 Å². The Bertz CT molecular complexity index is 612. The molecule has 0 saturated carbocycles. The lowest BCUT2D eigenvalue weighted by molar-refractivity contribution is -0.132. The summed E-state index contributed by atoms with van der Waals surface area (Å²) in [5.74, 6) is -0.420. The van der Waals surface area contributed by atoms with Crippen LogP contribution in [0.1, 0.15) is 18.1 Å². The highest BCUT2D eigenvalue weighted by atomic mass is 19.1. The minimum Gasteiger partial charge on any atom is -0.405 e. The van der Waals surface area contributed by atoms with Crippen LogP contribution in [0.15, 0.2) is 36.5 Å². The van der Waals surface area contributed by atoms with E-state index in [1.54, 1.807) is 25.4 Å². The molecule has 1 aromatic heterocycles. The Balaban J connectivity index is 2.20. The average molecular weight is 274 g/mol. The summed E-state index contributed by atoms with van der Waals surface area (Å²) in [5.41, 5.74) is 2.56. The number of nitrogens with one attached hydrogen (secondary N) is 1. The maximum Gasteiger partial charge on any atom is 0.309 e. The molecule has 0 fully saturated rings. The average Bonchev–Trinajstić information content (AvgIpc) is 2.42. The van der Waals surface area contributed by atoms with Crippen molar-refractivity contribution in [3.63, 3.8) is 0 Å². The van der Waals surface area contributed by atoms with Crippen molar-refractivity contribution >= 4 is 11.7 Å². The summed E-state index contributed by atoms with van der Waals surface area (Å²) >= 11 is 0. The molecular formula is C15H15FN2O2. The van der Waals surface area contributed by atoms with Gasteiger partial charge in [0.15, 0.2) is 0 Å². The summed E-state index contributed by atoms with van der Waals surface area (Å²) in [6, 6.07) is 8.17. The topological polar surface area (TPSA) is 51.2 Å². The van der Waals surface area contributed by atoms with Gasteiger partial charge in [0.2, 0.25) is 5.88 Å². The van der Waals surface area contributed by atoms with Gasteiger partial charge >= 0.3 is 5.97 Å². The molecule has 0 spiro atoms. The smallest absolute Gasteiger partial charge is 0.309 e. The van der Waals surface area contributed by atoms with Crippen LogP contribution in [0.25, 0.3) is 0 Å². The second kappa shape index (κ2) is 6.14. The van der Waals surface area contributed by atoms with Gasteiger partial charge in [0, 0.05) is 20.2 Å². The van der Waals surface area contributed by atoms with Crippen molar-refractivity contribution < 1.29 is 13.9 Å². The Labute approximate surface area is 116 Å². The molecule has 0 saturated heterocycles. The zero-order valence-electron chi connectivity index (χ0n) is 11.3. The molecule has 5 heteroatoms. The molecule has 0 atom stereocenters. The fourth-order valence-electron chi connectivity index (χ4n) is 1.83. The second-order valence-corrected chi connectivity index (χ2v) is 4.34. The van der Waals surface area contributed by atoms with Crippen LogP contribution in [0.3, 0.4) is 0 Å². The normalized spacial score (nSPS) is 10.2. The largest absolute Gasteiger partial charge is 0.405 e. The van der Waals surface area contributed by atoms with Crippen molar-refractivity contribution in [3.8, 4) is 5.88 Å². The standard InChI is InChI=1S/C15H15FN2O2/c1-10(19)20-15-14(17-2)8-12(9-18-15)7-11-3-5-13(16)6-4-11/h3-6,8-9,17H,7H2,1-2H3.